The molecule has 0 saturated carbocycles. The number of aliphatic hydroxyl groups excluding tert-OH is 3. The number of hydrogen-bond donors (Lipinski definition) is 5. The fourth-order valence-corrected chi connectivity index (χ4v) is 1.99. The largest absolute Gasteiger partial charge is 0.394 e. The molecule has 0 aromatic rings. The standard InChI is InChI=1S/C11H18O11/c1-5(13)20-22-21-7(14)3-11(18)9(16)8(15)6(4-12)19-10(11,2)17/h6,8-9,12,15-18H,3-4H2,1-2H3/t6-,8-,9+,10?,11-/m1/s1. The van der Waals surface area contributed by atoms with Crippen LogP contribution in [-0.4, -0.2) is 73.8 Å². The van der Waals surface area contributed by atoms with Crippen molar-refractivity contribution in [2.24, 2.45) is 0 Å². The Morgan fingerprint density at radius 2 is 1.82 bits per heavy atom. The summed E-state index contributed by atoms with van der Waals surface area (Å²) in [5, 5.41) is 52.8. The zero-order chi connectivity index (χ0) is 17.1. The molecule has 11 nitrogen and oxygen atoms in total. The molecule has 1 aliphatic heterocycles. The van der Waals surface area contributed by atoms with Crippen molar-refractivity contribution >= 4 is 11.9 Å². The van der Waals surface area contributed by atoms with Gasteiger partial charge in [0.15, 0.2) is 11.4 Å². The quantitative estimate of drug-likeness (QED) is 0.255. The predicted octanol–water partition coefficient (Wildman–Crippen LogP) is -3.12. The van der Waals surface area contributed by atoms with Gasteiger partial charge in [-0.1, -0.05) is 0 Å². The van der Waals surface area contributed by atoms with Crippen LogP contribution in [0, 0.1) is 0 Å². The summed E-state index contributed by atoms with van der Waals surface area (Å²) in [7, 11) is 0. The Bertz CT molecular complexity index is 422. The highest BCUT2D eigenvalue weighted by Gasteiger charge is 2.62. The monoisotopic (exact) mass is 326 g/mol. The summed E-state index contributed by atoms with van der Waals surface area (Å²) in [6, 6.07) is 0. The summed E-state index contributed by atoms with van der Waals surface area (Å²) in [4.78, 5) is 29.7. The molecule has 1 rings (SSSR count). The second-order valence-electron chi connectivity index (χ2n) is 4.96. The number of rotatable bonds is 5. The van der Waals surface area contributed by atoms with E-state index in [2.05, 4.69) is 14.8 Å². The second-order valence-corrected chi connectivity index (χ2v) is 4.96. The Hall–Kier alpha value is -1.34. The molecule has 0 aromatic carbocycles. The van der Waals surface area contributed by atoms with Crippen LogP contribution in [0.5, 0.6) is 0 Å². The minimum absolute atomic E-state index is 0.746. The van der Waals surface area contributed by atoms with Crippen LogP contribution in [0.15, 0.2) is 0 Å². The maximum atomic E-state index is 11.5. The average molecular weight is 326 g/mol. The zero-order valence-corrected chi connectivity index (χ0v) is 11.8. The minimum atomic E-state index is -2.67. The van der Waals surface area contributed by atoms with Gasteiger partial charge in [-0.15, -0.1) is 0 Å². The fourth-order valence-electron chi connectivity index (χ4n) is 1.99. The molecule has 1 heterocycles. The van der Waals surface area contributed by atoms with Gasteiger partial charge in [-0.25, -0.2) is 9.59 Å². The zero-order valence-electron chi connectivity index (χ0n) is 11.8. The van der Waals surface area contributed by atoms with Gasteiger partial charge in [0.2, 0.25) is 0 Å². The minimum Gasteiger partial charge on any atom is -0.394 e. The van der Waals surface area contributed by atoms with Gasteiger partial charge in [0, 0.05) is 12.0 Å². The molecule has 0 amide bonds. The van der Waals surface area contributed by atoms with E-state index in [0.29, 0.717) is 0 Å². The maximum Gasteiger partial charge on any atom is 0.349 e. The van der Waals surface area contributed by atoms with E-state index < -0.39 is 54.7 Å². The lowest BCUT2D eigenvalue weighted by Gasteiger charge is -2.51. The van der Waals surface area contributed by atoms with Crippen molar-refractivity contribution in [2.45, 2.75) is 50.0 Å². The van der Waals surface area contributed by atoms with Gasteiger partial charge in [-0.3, -0.25) is 9.78 Å². The molecule has 1 fully saturated rings. The molecule has 1 saturated heterocycles. The third kappa shape index (κ3) is 3.70. The molecular weight excluding hydrogens is 308 g/mol. The van der Waals surface area contributed by atoms with Crippen LogP contribution in [0.4, 0.5) is 0 Å². The van der Waals surface area contributed by atoms with Crippen molar-refractivity contribution in [1.82, 2.24) is 0 Å². The predicted molar refractivity (Wildman–Crippen MR) is 63.1 cm³/mol. The molecule has 0 bridgehead atoms. The molecule has 0 spiro atoms. The smallest absolute Gasteiger partial charge is 0.349 e. The van der Waals surface area contributed by atoms with Crippen molar-refractivity contribution in [3.8, 4) is 0 Å². The number of ether oxygens (including phenoxy) is 1. The Morgan fingerprint density at radius 1 is 1.23 bits per heavy atom. The fraction of sp³-hybridized carbons (Fsp3) is 0.818. The Morgan fingerprint density at radius 3 is 2.32 bits per heavy atom. The number of carbonyl (C=O) groups is 2. The van der Waals surface area contributed by atoms with Gasteiger partial charge < -0.3 is 30.3 Å². The van der Waals surface area contributed by atoms with Gasteiger partial charge in [-0.2, -0.15) is 0 Å². The first-order valence-electron chi connectivity index (χ1n) is 6.19. The van der Waals surface area contributed by atoms with E-state index in [1.54, 1.807) is 0 Å². The molecule has 1 aliphatic rings. The van der Waals surface area contributed by atoms with Crippen LogP contribution in [0.25, 0.3) is 0 Å². The van der Waals surface area contributed by atoms with Crippen LogP contribution in [0.1, 0.15) is 20.3 Å². The molecule has 0 radical (unpaired) electrons. The number of carbonyl (C=O) groups excluding carboxylic acids is 2. The summed E-state index contributed by atoms with van der Waals surface area (Å²) in [6.07, 6.45) is -6.27. The lowest BCUT2D eigenvalue weighted by molar-refractivity contribution is -0.461. The summed E-state index contributed by atoms with van der Waals surface area (Å²) < 4.78 is 4.88. The summed E-state index contributed by atoms with van der Waals surface area (Å²) in [5.74, 6) is -4.75. The number of aliphatic hydroxyl groups is 5. The van der Waals surface area contributed by atoms with E-state index in [0.717, 1.165) is 13.8 Å². The lowest BCUT2D eigenvalue weighted by Crippen LogP contribution is -2.72. The van der Waals surface area contributed by atoms with Gasteiger partial charge in [-0.05, 0) is 6.92 Å². The van der Waals surface area contributed by atoms with E-state index in [4.69, 9.17) is 9.84 Å². The highest BCUT2D eigenvalue weighted by atomic mass is 17.5. The normalized spacial score (nSPS) is 38.4. The van der Waals surface area contributed by atoms with E-state index in [1.165, 1.54) is 0 Å². The summed E-state index contributed by atoms with van der Waals surface area (Å²) in [5.41, 5.74) is -2.67. The van der Waals surface area contributed by atoms with Crippen LogP contribution in [0.3, 0.4) is 0 Å². The van der Waals surface area contributed by atoms with Crippen LogP contribution >= 0.6 is 0 Å². The second kappa shape index (κ2) is 6.83. The summed E-state index contributed by atoms with van der Waals surface area (Å²) >= 11 is 0. The van der Waals surface area contributed by atoms with Crippen molar-refractivity contribution in [2.75, 3.05) is 6.61 Å². The third-order valence-corrected chi connectivity index (χ3v) is 3.25. The molecule has 0 aliphatic carbocycles. The molecule has 5 atom stereocenters. The highest BCUT2D eigenvalue weighted by Crippen LogP contribution is 2.39. The SMILES string of the molecule is CC(=O)OOOC(=O)C[C@@]1(O)[C@@H](O)[C@H](O)[C@@H](CO)OC1(C)O. The molecule has 1 unspecified atom stereocenters. The average Bonchev–Trinajstić information content (AvgIpc) is 2.41. The Kier molecular flexibility index (Phi) is 5.81. The highest BCUT2D eigenvalue weighted by molar-refractivity contribution is 5.70. The van der Waals surface area contributed by atoms with E-state index in [-0.39, 0.29) is 0 Å². The van der Waals surface area contributed by atoms with Crippen molar-refractivity contribution in [1.29, 1.82) is 0 Å². The van der Waals surface area contributed by atoms with Gasteiger partial charge in [0.1, 0.15) is 18.3 Å². The van der Waals surface area contributed by atoms with Crippen LogP contribution in [-0.2, 0) is 29.1 Å². The molecule has 11 heteroatoms. The molecule has 5 N–H and O–H groups in total. The van der Waals surface area contributed by atoms with E-state index in [9.17, 15) is 30.0 Å². The Balaban J connectivity index is 2.80. The van der Waals surface area contributed by atoms with Gasteiger partial charge in [0.25, 0.3) is 0 Å². The third-order valence-electron chi connectivity index (χ3n) is 3.25. The van der Waals surface area contributed by atoms with Gasteiger partial charge in [0.05, 0.1) is 13.0 Å². The van der Waals surface area contributed by atoms with Crippen LogP contribution in [0.2, 0.25) is 0 Å². The molecule has 22 heavy (non-hydrogen) atoms. The van der Waals surface area contributed by atoms with Crippen molar-refractivity contribution in [3.05, 3.63) is 0 Å². The lowest BCUT2D eigenvalue weighted by atomic mass is 9.78. The molecule has 0 aromatic heterocycles. The first kappa shape index (κ1) is 18.7. The topological polar surface area (TPSA) is 172 Å². The number of hydrogen-bond acceptors (Lipinski definition) is 11. The van der Waals surface area contributed by atoms with E-state index in [1.807, 2.05) is 0 Å². The van der Waals surface area contributed by atoms with Gasteiger partial charge >= 0.3 is 11.9 Å². The maximum absolute atomic E-state index is 11.5. The van der Waals surface area contributed by atoms with E-state index >= 15 is 0 Å². The van der Waals surface area contributed by atoms with Crippen molar-refractivity contribution in [3.63, 3.8) is 0 Å². The first-order chi connectivity index (χ1) is 10.0. The summed E-state index contributed by atoms with van der Waals surface area (Å²) in [6.45, 7) is 1.14. The molecular formula is C11H18O11. The first-order valence-corrected chi connectivity index (χ1v) is 6.19. The van der Waals surface area contributed by atoms with Crippen LogP contribution < -0.4 is 0 Å². The molecule has 128 valence electrons. The van der Waals surface area contributed by atoms with Crippen molar-refractivity contribution < 1.29 is 54.7 Å². The Labute approximate surface area is 124 Å².